The summed E-state index contributed by atoms with van der Waals surface area (Å²) in [5, 5.41) is 40.1. The Morgan fingerprint density at radius 1 is 0.491 bits per heavy atom. The monoisotopic (exact) mass is 787 g/mol. The van der Waals surface area contributed by atoms with E-state index in [0.29, 0.717) is 6.42 Å². The summed E-state index contributed by atoms with van der Waals surface area (Å²) in [6.07, 6.45) is 29.6. The molecule has 1 aliphatic heterocycles. The van der Waals surface area contributed by atoms with Gasteiger partial charge in [0.2, 0.25) is 0 Å². The van der Waals surface area contributed by atoms with E-state index in [0.717, 1.165) is 38.5 Å². The summed E-state index contributed by atoms with van der Waals surface area (Å²) in [5.74, 6) is -0.791. The minimum absolute atomic E-state index is 0.209. The molecule has 0 bridgehead atoms. The summed E-state index contributed by atoms with van der Waals surface area (Å²) in [4.78, 5) is 25.3. The van der Waals surface area contributed by atoms with Crippen molar-refractivity contribution in [3.05, 3.63) is 0 Å². The lowest BCUT2D eigenvalue weighted by atomic mass is 9.99. The highest BCUT2D eigenvalue weighted by atomic mass is 16.7. The number of unbranched alkanes of at least 4 members (excludes halogenated alkanes) is 28. The smallest absolute Gasteiger partial charge is 0.306 e. The van der Waals surface area contributed by atoms with Gasteiger partial charge in [-0.3, -0.25) is 9.59 Å². The van der Waals surface area contributed by atoms with Gasteiger partial charge < -0.3 is 39.4 Å². The maximum Gasteiger partial charge on any atom is 0.306 e. The van der Waals surface area contributed by atoms with E-state index in [1.54, 1.807) is 0 Å². The number of hydrogen-bond acceptors (Lipinski definition) is 10. The van der Waals surface area contributed by atoms with Crippen LogP contribution >= 0.6 is 0 Å². The van der Waals surface area contributed by atoms with E-state index in [2.05, 4.69) is 13.8 Å². The number of aliphatic hydroxyl groups is 4. The Hall–Kier alpha value is -1.30. The van der Waals surface area contributed by atoms with Gasteiger partial charge in [-0.2, -0.15) is 0 Å². The van der Waals surface area contributed by atoms with Crippen molar-refractivity contribution < 1.29 is 49.0 Å². The largest absolute Gasteiger partial charge is 0.462 e. The average Bonchev–Trinajstić information content (AvgIpc) is 3.18. The molecule has 0 spiro atoms. The van der Waals surface area contributed by atoms with Gasteiger partial charge in [-0.25, -0.2) is 0 Å². The van der Waals surface area contributed by atoms with Crippen LogP contribution in [-0.2, 0) is 28.5 Å². The molecule has 0 aliphatic carbocycles. The summed E-state index contributed by atoms with van der Waals surface area (Å²) in [6, 6.07) is 0. The highest BCUT2D eigenvalue weighted by molar-refractivity contribution is 5.70. The molecular weight excluding hydrogens is 700 g/mol. The predicted octanol–water partition coefficient (Wildman–Crippen LogP) is 9.78. The fraction of sp³-hybridized carbons (Fsp3) is 0.956. The van der Waals surface area contributed by atoms with Crippen molar-refractivity contribution in [2.45, 2.75) is 256 Å². The van der Waals surface area contributed by atoms with E-state index in [1.807, 2.05) is 0 Å². The van der Waals surface area contributed by atoms with Crippen molar-refractivity contribution in [3.8, 4) is 0 Å². The fourth-order valence-electron chi connectivity index (χ4n) is 7.31. The van der Waals surface area contributed by atoms with Crippen LogP contribution in [0.5, 0.6) is 0 Å². The van der Waals surface area contributed by atoms with Crippen LogP contribution in [0.1, 0.15) is 219 Å². The number of hydrogen-bond donors (Lipinski definition) is 4. The van der Waals surface area contributed by atoms with E-state index in [9.17, 15) is 30.0 Å². The molecule has 1 aliphatic rings. The zero-order valence-electron chi connectivity index (χ0n) is 35.5. The summed E-state index contributed by atoms with van der Waals surface area (Å²) in [6.45, 7) is 3.45. The first kappa shape index (κ1) is 51.7. The molecule has 0 aromatic carbocycles. The van der Waals surface area contributed by atoms with Gasteiger partial charge in [0, 0.05) is 12.8 Å². The van der Waals surface area contributed by atoms with Crippen LogP contribution in [-0.4, -0.2) is 89.0 Å². The Morgan fingerprint density at radius 3 is 1.24 bits per heavy atom. The molecule has 0 amide bonds. The lowest BCUT2D eigenvalue weighted by molar-refractivity contribution is -0.305. The molecule has 1 saturated heterocycles. The summed E-state index contributed by atoms with van der Waals surface area (Å²) < 4.78 is 22.2. The third kappa shape index (κ3) is 28.7. The number of esters is 2. The average molecular weight is 787 g/mol. The Labute approximate surface area is 336 Å². The standard InChI is InChI=1S/C45H86O10/c1-3-5-7-9-11-13-15-17-18-19-20-22-24-26-28-30-32-34-41(48)54-38(37-53-45-44(51)43(50)42(49)39(35-46)55-45)36-52-40(47)33-31-29-27-25-23-21-16-14-12-10-8-6-4-2/h38-39,42-46,49-51H,3-37H2,1-2H3. The molecule has 10 heteroatoms. The van der Waals surface area contributed by atoms with Crippen LogP contribution in [0.2, 0.25) is 0 Å². The van der Waals surface area contributed by atoms with E-state index >= 15 is 0 Å². The van der Waals surface area contributed by atoms with Gasteiger partial charge in [0.1, 0.15) is 31.0 Å². The molecular formula is C45H86O10. The first-order valence-electron chi connectivity index (χ1n) is 23.1. The lowest BCUT2D eigenvalue weighted by Gasteiger charge is -2.39. The molecule has 0 radical (unpaired) electrons. The van der Waals surface area contributed by atoms with Crippen molar-refractivity contribution in [3.63, 3.8) is 0 Å². The maximum absolute atomic E-state index is 12.8. The van der Waals surface area contributed by atoms with Gasteiger partial charge in [0.15, 0.2) is 12.4 Å². The summed E-state index contributed by atoms with van der Waals surface area (Å²) in [5.41, 5.74) is 0. The Kier molecular flexibility index (Phi) is 34.8. The Bertz CT molecular complexity index is 871. The maximum atomic E-state index is 12.8. The zero-order valence-corrected chi connectivity index (χ0v) is 35.5. The minimum Gasteiger partial charge on any atom is -0.462 e. The highest BCUT2D eigenvalue weighted by Gasteiger charge is 2.44. The van der Waals surface area contributed by atoms with Crippen LogP contribution in [0.4, 0.5) is 0 Å². The molecule has 6 atom stereocenters. The third-order valence-corrected chi connectivity index (χ3v) is 11.0. The van der Waals surface area contributed by atoms with Crippen LogP contribution in [0.3, 0.4) is 0 Å². The molecule has 4 N–H and O–H groups in total. The van der Waals surface area contributed by atoms with Gasteiger partial charge in [0.05, 0.1) is 13.2 Å². The van der Waals surface area contributed by atoms with Crippen molar-refractivity contribution in [1.82, 2.24) is 0 Å². The molecule has 0 aromatic rings. The molecule has 0 saturated carbocycles. The summed E-state index contributed by atoms with van der Waals surface area (Å²) >= 11 is 0. The van der Waals surface area contributed by atoms with Gasteiger partial charge in [-0.15, -0.1) is 0 Å². The molecule has 1 heterocycles. The van der Waals surface area contributed by atoms with Gasteiger partial charge in [0.25, 0.3) is 0 Å². The molecule has 326 valence electrons. The van der Waals surface area contributed by atoms with E-state index in [1.165, 1.54) is 148 Å². The number of rotatable bonds is 39. The Balaban J connectivity index is 2.29. The first-order chi connectivity index (χ1) is 26.8. The van der Waals surface area contributed by atoms with Crippen LogP contribution < -0.4 is 0 Å². The van der Waals surface area contributed by atoms with Crippen LogP contribution in [0.25, 0.3) is 0 Å². The predicted molar refractivity (Wildman–Crippen MR) is 220 cm³/mol. The SMILES string of the molecule is CCCCCCCCCCCCCCCCCCCC(=O)OC(COC(=O)CCCCCCCCCCCCCCC)COC1OC(CO)C(O)C(O)C1O. The van der Waals surface area contributed by atoms with Crippen LogP contribution in [0.15, 0.2) is 0 Å². The van der Waals surface area contributed by atoms with E-state index in [4.69, 9.17) is 18.9 Å². The second-order valence-electron chi connectivity index (χ2n) is 16.2. The normalized spacial score (nSPS) is 20.4. The summed E-state index contributed by atoms with van der Waals surface area (Å²) in [7, 11) is 0. The van der Waals surface area contributed by atoms with E-state index in [-0.39, 0.29) is 32.0 Å². The number of carbonyl (C=O) groups is 2. The molecule has 1 fully saturated rings. The number of aliphatic hydroxyl groups excluding tert-OH is 4. The van der Waals surface area contributed by atoms with Gasteiger partial charge >= 0.3 is 11.9 Å². The molecule has 55 heavy (non-hydrogen) atoms. The van der Waals surface area contributed by atoms with E-state index < -0.39 is 49.4 Å². The number of ether oxygens (including phenoxy) is 4. The number of carbonyl (C=O) groups excluding carboxylic acids is 2. The second kappa shape index (κ2) is 37.0. The van der Waals surface area contributed by atoms with Crippen LogP contribution in [0, 0.1) is 0 Å². The topological polar surface area (TPSA) is 152 Å². The van der Waals surface area contributed by atoms with Crippen molar-refractivity contribution in [1.29, 1.82) is 0 Å². The van der Waals surface area contributed by atoms with Gasteiger partial charge in [-0.05, 0) is 12.8 Å². The quantitative estimate of drug-likeness (QED) is 0.0350. The molecule has 6 unspecified atom stereocenters. The highest BCUT2D eigenvalue weighted by Crippen LogP contribution is 2.23. The lowest BCUT2D eigenvalue weighted by Crippen LogP contribution is -2.59. The molecule has 10 nitrogen and oxygen atoms in total. The zero-order chi connectivity index (χ0) is 40.2. The second-order valence-corrected chi connectivity index (χ2v) is 16.2. The molecule has 1 rings (SSSR count). The molecule has 0 aromatic heterocycles. The minimum atomic E-state index is -1.59. The fourth-order valence-corrected chi connectivity index (χ4v) is 7.31. The van der Waals surface area contributed by atoms with Crippen molar-refractivity contribution in [2.24, 2.45) is 0 Å². The first-order valence-corrected chi connectivity index (χ1v) is 23.1. The Morgan fingerprint density at radius 2 is 0.855 bits per heavy atom. The van der Waals surface area contributed by atoms with Crippen molar-refractivity contribution in [2.75, 3.05) is 19.8 Å². The third-order valence-electron chi connectivity index (χ3n) is 11.0. The van der Waals surface area contributed by atoms with Gasteiger partial charge in [-0.1, -0.05) is 194 Å². The van der Waals surface area contributed by atoms with Crippen molar-refractivity contribution >= 4 is 11.9 Å².